The molecule has 0 spiro atoms. The molecule has 0 aliphatic heterocycles. The van der Waals surface area contributed by atoms with Gasteiger partial charge >= 0.3 is 0 Å². The molecule has 32 heavy (non-hydrogen) atoms. The number of thioether (sulfide) groups is 1. The minimum Gasteiger partial charge on any atom is -0.325 e. The molecule has 0 radical (unpaired) electrons. The van der Waals surface area contributed by atoms with Crippen molar-refractivity contribution in [2.45, 2.75) is 18.5 Å². The predicted octanol–water partition coefficient (Wildman–Crippen LogP) is 3.25. The highest BCUT2D eigenvalue weighted by Gasteiger charge is 2.16. The summed E-state index contributed by atoms with van der Waals surface area (Å²) in [4.78, 5) is 29.6. The van der Waals surface area contributed by atoms with Crippen molar-refractivity contribution in [3.05, 3.63) is 80.9 Å². The number of carbonyl (C=O) groups excluding carboxylic acids is 1. The van der Waals surface area contributed by atoms with Crippen LogP contribution in [0.3, 0.4) is 0 Å². The smallest absolute Gasteiger partial charge is 0.261 e. The van der Waals surface area contributed by atoms with Crippen LogP contribution in [0.1, 0.15) is 17.1 Å². The summed E-state index contributed by atoms with van der Waals surface area (Å²) >= 11 is 6.93. The summed E-state index contributed by atoms with van der Waals surface area (Å²) in [5.74, 6) is -0.200. The number of fused-ring (bicyclic) bond motifs is 1. The van der Waals surface area contributed by atoms with Gasteiger partial charge in [-0.1, -0.05) is 29.4 Å². The van der Waals surface area contributed by atoms with Crippen LogP contribution in [-0.2, 0) is 18.3 Å². The molecule has 4 rings (SSSR count). The van der Waals surface area contributed by atoms with E-state index in [0.717, 1.165) is 0 Å². The highest BCUT2D eigenvalue weighted by Crippen LogP contribution is 2.21. The van der Waals surface area contributed by atoms with Gasteiger partial charge in [0.15, 0.2) is 5.16 Å². The fraction of sp³-hybridized carbons (Fsp3) is 0.190. The van der Waals surface area contributed by atoms with Gasteiger partial charge in [0.25, 0.3) is 5.56 Å². The lowest BCUT2D eigenvalue weighted by Gasteiger charge is -2.08. The molecule has 0 fully saturated rings. The first kappa shape index (κ1) is 22.0. The second kappa shape index (κ2) is 9.09. The molecule has 0 unspecified atom stereocenters. The number of halogens is 2. The van der Waals surface area contributed by atoms with E-state index in [-0.39, 0.29) is 28.7 Å². The summed E-state index contributed by atoms with van der Waals surface area (Å²) in [6, 6.07) is 9.35. The van der Waals surface area contributed by atoms with Crippen molar-refractivity contribution < 1.29 is 9.18 Å². The predicted molar refractivity (Wildman–Crippen MR) is 121 cm³/mol. The lowest BCUT2D eigenvalue weighted by atomic mass is 10.1. The molecule has 3 aromatic heterocycles. The molecule has 3 heterocycles. The third-order valence-corrected chi connectivity index (χ3v) is 6.14. The molecule has 0 bridgehead atoms. The van der Waals surface area contributed by atoms with Gasteiger partial charge in [-0.25, -0.2) is 9.37 Å². The van der Waals surface area contributed by atoms with Gasteiger partial charge in [-0.2, -0.15) is 0 Å². The molecule has 8 nitrogen and oxygen atoms in total. The van der Waals surface area contributed by atoms with E-state index >= 15 is 0 Å². The summed E-state index contributed by atoms with van der Waals surface area (Å²) in [5, 5.41) is 11.4. The van der Waals surface area contributed by atoms with Crippen LogP contribution in [0.15, 0.2) is 52.5 Å². The summed E-state index contributed by atoms with van der Waals surface area (Å²) in [7, 11) is 1.77. The number of nitrogens with one attached hydrogen (secondary N) is 1. The Hall–Kier alpha value is -3.24. The Morgan fingerprint density at radius 2 is 2.06 bits per heavy atom. The number of hydrogen-bond donors (Lipinski definition) is 1. The van der Waals surface area contributed by atoms with E-state index < -0.39 is 5.82 Å². The molecular formula is C21H18ClFN6O2S. The zero-order valence-electron chi connectivity index (χ0n) is 17.2. The number of aromatic nitrogens is 5. The SMILES string of the molecule is Cc1nc2ccccn2c(=O)c1Cc1nnc(SCC(=O)Nc2ccc(F)c(Cl)c2)n1C. The molecule has 4 aromatic rings. The zero-order valence-corrected chi connectivity index (χ0v) is 18.7. The highest BCUT2D eigenvalue weighted by molar-refractivity contribution is 7.99. The Morgan fingerprint density at radius 1 is 1.25 bits per heavy atom. The molecule has 0 aliphatic carbocycles. The van der Waals surface area contributed by atoms with E-state index in [4.69, 9.17) is 11.6 Å². The molecule has 0 aliphatic rings. The number of hydrogen-bond acceptors (Lipinski definition) is 6. The van der Waals surface area contributed by atoms with E-state index in [1.165, 1.54) is 34.4 Å². The summed E-state index contributed by atoms with van der Waals surface area (Å²) in [6.07, 6.45) is 1.94. The summed E-state index contributed by atoms with van der Waals surface area (Å²) in [6.45, 7) is 1.79. The van der Waals surface area contributed by atoms with Gasteiger partial charge in [0, 0.05) is 36.6 Å². The minimum absolute atomic E-state index is 0.0669. The van der Waals surface area contributed by atoms with E-state index in [0.29, 0.717) is 33.6 Å². The average molecular weight is 473 g/mol. The maximum absolute atomic E-state index is 13.2. The standard InChI is InChI=1S/C21H18ClFN6O2S/c1-12-14(20(31)29-8-4-3-5-17(29)24-12)10-18-26-27-21(28(18)2)32-11-19(30)25-13-6-7-16(23)15(22)9-13/h3-9H,10-11H2,1-2H3,(H,25,30). The number of carbonyl (C=O) groups is 1. The molecule has 0 atom stereocenters. The number of amides is 1. The maximum Gasteiger partial charge on any atom is 0.261 e. The van der Waals surface area contributed by atoms with Crippen molar-refractivity contribution in [2.24, 2.45) is 7.05 Å². The van der Waals surface area contributed by atoms with Crippen molar-refractivity contribution in [1.29, 1.82) is 0 Å². The van der Waals surface area contributed by atoms with Gasteiger partial charge in [-0.3, -0.25) is 14.0 Å². The van der Waals surface area contributed by atoms with Gasteiger partial charge in [-0.15, -0.1) is 10.2 Å². The van der Waals surface area contributed by atoms with E-state index in [9.17, 15) is 14.0 Å². The van der Waals surface area contributed by atoms with Crippen LogP contribution in [0.2, 0.25) is 5.02 Å². The zero-order chi connectivity index (χ0) is 22.8. The first-order chi connectivity index (χ1) is 15.3. The summed E-state index contributed by atoms with van der Waals surface area (Å²) < 4.78 is 16.5. The Bertz CT molecular complexity index is 1390. The van der Waals surface area contributed by atoms with Crippen molar-refractivity contribution in [2.75, 3.05) is 11.1 Å². The topological polar surface area (TPSA) is 94.2 Å². The van der Waals surface area contributed by atoms with Crippen molar-refractivity contribution in [3.8, 4) is 0 Å². The van der Waals surface area contributed by atoms with Crippen LogP contribution in [0.5, 0.6) is 0 Å². The fourth-order valence-corrected chi connectivity index (χ4v) is 4.03. The fourth-order valence-electron chi connectivity index (χ4n) is 3.12. The Labute approximate surface area is 191 Å². The molecule has 0 saturated carbocycles. The molecule has 0 saturated heterocycles. The molecule has 1 amide bonds. The lowest BCUT2D eigenvalue weighted by molar-refractivity contribution is -0.113. The van der Waals surface area contributed by atoms with Gasteiger partial charge in [0.1, 0.15) is 17.3 Å². The second-order valence-corrected chi connectivity index (χ2v) is 8.36. The number of aryl methyl sites for hydroxylation is 1. The number of nitrogens with zero attached hydrogens (tertiary/aromatic N) is 5. The van der Waals surface area contributed by atoms with E-state index in [1.807, 2.05) is 6.07 Å². The van der Waals surface area contributed by atoms with Gasteiger partial charge < -0.3 is 9.88 Å². The van der Waals surface area contributed by atoms with Crippen LogP contribution in [0.4, 0.5) is 10.1 Å². The van der Waals surface area contributed by atoms with E-state index in [1.54, 1.807) is 36.9 Å². The van der Waals surface area contributed by atoms with Crippen LogP contribution in [0, 0.1) is 12.7 Å². The van der Waals surface area contributed by atoms with Crippen molar-refractivity contribution in [1.82, 2.24) is 24.1 Å². The lowest BCUT2D eigenvalue weighted by Crippen LogP contribution is -2.22. The Morgan fingerprint density at radius 3 is 2.84 bits per heavy atom. The van der Waals surface area contributed by atoms with Crippen LogP contribution in [-0.4, -0.2) is 35.8 Å². The summed E-state index contributed by atoms with van der Waals surface area (Å²) in [5.41, 5.74) is 2.01. The van der Waals surface area contributed by atoms with Crippen molar-refractivity contribution in [3.63, 3.8) is 0 Å². The quantitative estimate of drug-likeness (QED) is 0.433. The second-order valence-electron chi connectivity index (χ2n) is 7.01. The molecule has 11 heteroatoms. The normalized spacial score (nSPS) is 11.1. The number of anilines is 1. The third-order valence-electron chi connectivity index (χ3n) is 4.83. The van der Waals surface area contributed by atoms with Gasteiger partial charge in [0.05, 0.1) is 10.8 Å². The Kier molecular flexibility index (Phi) is 6.24. The number of rotatable bonds is 6. The highest BCUT2D eigenvalue weighted by atomic mass is 35.5. The third kappa shape index (κ3) is 4.51. The average Bonchev–Trinajstić information content (AvgIpc) is 3.11. The Balaban J connectivity index is 1.46. The van der Waals surface area contributed by atoms with Crippen LogP contribution < -0.4 is 10.9 Å². The van der Waals surface area contributed by atoms with Crippen molar-refractivity contribution >= 4 is 40.6 Å². The molecule has 1 N–H and O–H groups in total. The molecule has 164 valence electrons. The molecular weight excluding hydrogens is 455 g/mol. The van der Waals surface area contributed by atoms with Gasteiger partial charge in [-0.05, 0) is 37.3 Å². The number of pyridine rings is 1. The van der Waals surface area contributed by atoms with Gasteiger partial charge in [0.2, 0.25) is 5.91 Å². The van der Waals surface area contributed by atoms with Crippen LogP contribution >= 0.6 is 23.4 Å². The van der Waals surface area contributed by atoms with E-state index in [2.05, 4.69) is 20.5 Å². The monoisotopic (exact) mass is 472 g/mol. The first-order valence-corrected chi connectivity index (χ1v) is 10.9. The molecule has 1 aromatic carbocycles. The largest absolute Gasteiger partial charge is 0.325 e. The maximum atomic E-state index is 13.2. The minimum atomic E-state index is -0.554. The van der Waals surface area contributed by atoms with Crippen LogP contribution in [0.25, 0.3) is 5.65 Å². The number of benzene rings is 1. The first-order valence-electron chi connectivity index (χ1n) is 9.56.